The number of carbonyl (C=O) groups is 1. The van der Waals surface area contributed by atoms with Gasteiger partial charge in [-0.1, -0.05) is 30.1 Å². The normalized spacial score (nSPS) is 16.3. The summed E-state index contributed by atoms with van der Waals surface area (Å²) in [6.45, 7) is 5.37. The molecule has 1 fully saturated rings. The number of rotatable bonds is 4. The summed E-state index contributed by atoms with van der Waals surface area (Å²) in [7, 11) is 0. The predicted octanol–water partition coefficient (Wildman–Crippen LogP) is 4.93. The fraction of sp³-hybridized carbons (Fsp3) is 0.412. The average Bonchev–Trinajstić information content (AvgIpc) is 2.99. The molecule has 1 aliphatic rings. The fourth-order valence-corrected chi connectivity index (χ4v) is 3.69. The number of halogens is 2. The molecule has 3 rings (SSSR count). The van der Waals surface area contributed by atoms with E-state index in [0.717, 1.165) is 31.2 Å². The Labute approximate surface area is 155 Å². The minimum Gasteiger partial charge on any atom is -0.298 e. The second-order valence-electron chi connectivity index (χ2n) is 6.19. The van der Waals surface area contributed by atoms with Gasteiger partial charge in [-0.25, -0.2) is 4.98 Å². The molecular formula is C17H19Cl2N3OS. The number of aromatic nitrogens is 1. The molecule has 4 nitrogen and oxygen atoms in total. The van der Waals surface area contributed by atoms with Crippen molar-refractivity contribution in [3.05, 3.63) is 44.9 Å². The number of anilines is 1. The molecule has 1 amide bonds. The van der Waals surface area contributed by atoms with E-state index in [-0.39, 0.29) is 5.91 Å². The van der Waals surface area contributed by atoms with E-state index < -0.39 is 0 Å². The molecule has 1 N–H and O–H groups in total. The van der Waals surface area contributed by atoms with Crippen LogP contribution in [-0.4, -0.2) is 28.9 Å². The highest BCUT2D eigenvalue weighted by atomic mass is 35.5. The van der Waals surface area contributed by atoms with Crippen LogP contribution in [0.25, 0.3) is 0 Å². The largest absolute Gasteiger partial charge is 0.298 e. The lowest BCUT2D eigenvalue weighted by molar-refractivity contribution is 0.102. The molecule has 1 aliphatic heterocycles. The van der Waals surface area contributed by atoms with Gasteiger partial charge in [-0.15, -0.1) is 11.3 Å². The Balaban J connectivity index is 1.59. The van der Waals surface area contributed by atoms with Crippen molar-refractivity contribution in [3.63, 3.8) is 0 Å². The highest BCUT2D eigenvalue weighted by molar-refractivity contribution is 7.14. The van der Waals surface area contributed by atoms with Crippen molar-refractivity contribution in [1.82, 2.24) is 9.88 Å². The molecule has 0 aliphatic carbocycles. The van der Waals surface area contributed by atoms with Crippen LogP contribution in [0.15, 0.2) is 23.6 Å². The van der Waals surface area contributed by atoms with Gasteiger partial charge in [0.05, 0.1) is 15.7 Å². The number of carbonyl (C=O) groups excluding carboxylic acids is 1. The SMILES string of the molecule is CC1CCN(Cc2csc(NC(=O)c3ccc(Cl)c(Cl)c3)n2)CC1. The lowest BCUT2D eigenvalue weighted by atomic mass is 9.99. The van der Waals surface area contributed by atoms with E-state index in [1.165, 1.54) is 24.2 Å². The van der Waals surface area contributed by atoms with Gasteiger partial charge in [0, 0.05) is 17.5 Å². The van der Waals surface area contributed by atoms with E-state index in [4.69, 9.17) is 23.2 Å². The van der Waals surface area contributed by atoms with Gasteiger partial charge < -0.3 is 0 Å². The zero-order valence-corrected chi connectivity index (χ0v) is 15.7. The van der Waals surface area contributed by atoms with Crippen molar-refractivity contribution >= 4 is 45.6 Å². The summed E-state index contributed by atoms with van der Waals surface area (Å²) in [5, 5.41) is 6.22. The second-order valence-corrected chi connectivity index (χ2v) is 7.86. The van der Waals surface area contributed by atoms with Crippen molar-refractivity contribution in [3.8, 4) is 0 Å². The zero-order valence-electron chi connectivity index (χ0n) is 13.4. The van der Waals surface area contributed by atoms with Crippen LogP contribution in [0.2, 0.25) is 10.0 Å². The molecule has 0 saturated carbocycles. The zero-order chi connectivity index (χ0) is 17.1. The third kappa shape index (κ3) is 4.48. The summed E-state index contributed by atoms with van der Waals surface area (Å²) >= 11 is 13.3. The van der Waals surface area contributed by atoms with Crippen molar-refractivity contribution < 1.29 is 4.79 Å². The summed E-state index contributed by atoms with van der Waals surface area (Å²) in [6, 6.07) is 4.82. The monoisotopic (exact) mass is 383 g/mol. The highest BCUT2D eigenvalue weighted by Gasteiger charge is 2.17. The first-order valence-corrected chi connectivity index (χ1v) is 9.58. The predicted molar refractivity (Wildman–Crippen MR) is 100 cm³/mol. The number of nitrogens with zero attached hydrogens (tertiary/aromatic N) is 2. The van der Waals surface area contributed by atoms with Crippen molar-refractivity contribution in [1.29, 1.82) is 0 Å². The number of thiazole rings is 1. The molecule has 0 radical (unpaired) electrons. The Hall–Kier alpha value is -1.14. The Morgan fingerprint density at radius 3 is 2.79 bits per heavy atom. The van der Waals surface area contributed by atoms with Gasteiger partial charge in [-0.2, -0.15) is 0 Å². The molecule has 7 heteroatoms. The first-order chi connectivity index (χ1) is 11.5. The fourth-order valence-electron chi connectivity index (χ4n) is 2.69. The Morgan fingerprint density at radius 2 is 2.08 bits per heavy atom. The van der Waals surface area contributed by atoms with Crippen LogP contribution in [0.3, 0.4) is 0 Å². The third-order valence-corrected chi connectivity index (χ3v) is 5.76. The lowest BCUT2D eigenvalue weighted by Crippen LogP contribution is -2.32. The number of benzene rings is 1. The molecule has 0 unspecified atom stereocenters. The maximum atomic E-state index is 12.3. The molecule has 1 aromatic carbocycles. The molecule has 2 aromatic rings. The molecule has 128 valence electrons. The third-order valence-electron chi connectivity index (χ3n) is 4.22. The Kier molecular flexibility index (Phi) is 5.76. The number of piperidine rings is 1. The van der Waals surface area contributed by atoms with Gasteiger partial charge in [-0.05, 0) is 50.0 Å². The highest BCUT2D eigenvalue weighted by Crippen LogP contribution is 2.24. The molecule has 1 aromatic heterocycles. The van der Waals surface area contributed by atoms with E-state index >= 15 is 0 Å². The van der Waals surface area contributed by atoms with Crippen LogP contribution in [0.4, 0.5) is 5.13 Å². The maximum absolute atomic E-state index is 12.3. The van der Waals surface area contributed by atoms with Gasteiger partial charge in [0.2, 0.25) is 0 Å². The minimum absolute atomic E-state index is 0.235. The van der Waals surface area contributed by atoms with Crippen LogP contribution in [0, 0.1) is 5.92 Å². The minimum atomic E-state index is -0.235. The molecule has 2 heterocycles. The van der Waals surface area contributed by atoms with Crippen LogP contribution < -0.4 is 5.32 Å². The van der Waals surface area contributed by atoms with Crippen molar-refractivity contribution in [2.75, 3.05) is 18.4 Å². The summed E-state index contributed by atoms with van der Waals surface area (Å²) in [5.41, 5.74) is 1.46. The first-order valence-electron chi connectivity index (χ1n) is 7.94. The lowest BCUT2D eigenvalue weighted by Gasteiger charge is -2.29. The van der Waals surface area contributed by atoms with Gasteiger partial charge in [-0.3, -0.25) is 15.0 Å². The number of likely N-dealkylation sites (tertiary alicyclic amines) is 1. The van der Waals surface area contributed by atoms with Gasteiger partial charge in [0.1, 0.15) is 0 Å². The standard InChI is InChI=1S/C17H19Cl2N3OS/c1-11-4-6-22(7-5-11)9-13-10-24-17(20-13)21-16(23)12-2-3-14(18)15(19)8-12/h2-3,8,10-11H,4-7,9H2,1H3,(H,20,21,23). The molecule has 0 atom stereocenters. The van der Waals surface area contributed by atoms with E-state index in [1.807, 2.05) is 5.38 Å². The van der Waals surface area contributed by atoms with E-state index in [0.29, 0.717) is 20.7 Å². The average molecular weight is 384 g/mol. The second kappa shape index (κ2) is 7.83. The molecule has 1 saturated heterocycles. The van der Waals surface area contributed by atoms with Crippen LogP contribution >= 0.6 is 34.5 Å². The van der Waals surface area contributed by atoms with Crippen molar-refractivity contribution in [2.24, 2.45) is 5.92 Å². The van der Waals surface area contributed by atoms with E-state index in [2.05, 4.69) is 22.1 Å². The molecule has 0 bridgehead atoms. The first kappa shape index (κ1) is 17.7. The van der Waals surface area contributed by atoms with Crippen LogP contribution in [-0.2, 0) is 6.54 Å². The number of hydrogen-bond donors (Lipinski definition) is 1. The van der Waals surface area contributed by atoms with Crippen LogP contribution in [0.1, 0.15) is 35.8 Å². The number of hydrogen-bond acceptors (Lipinski definition) is 4. The van der Waals surface area contributed by atoms with Gasteiger partial charge in [0.15, 0.2) is 5.13 Å². The summed E-state index contributed by atoms with van der Waals surface area (Å²) in [4.78, 5) is 19.2. The Morgan fingerprint density at radius 1 is 1.33 bits per heavy atom. The molecule has 0 spiro atoms. The smallest absolute Gasteiger partial charge is 0.257 e. The van der Waals surface area contributed by atoms with Crippen LogP contribution in [0.5, 0.6) is 0 Å². The van der Waals surface area contributed by atoms with Crippen molar-refractivity contribution in [2.45, 2.75) is 26.3 Å². The van der Waals surface area contributed by atoms with Gasteiger partial charge in [0.25, 0.3) is 5.91 Å². The summed E-state index contributed by atoms with van der Waals surface area (Å²) in [6.07, 6.45) is 2.48. The van der Waals surface area contributed by atoms with E-state index in [9.17, 15) is 4.79 Å². The topological polar surface area (TPSA) is 45.2 Å². The maximum Gasteiger partial charge on any atom is 0.257 e. The summed E-state index contributed by atoms with van der Waals surface area (Å²) in [5.74, 6) is 0.582. The number of amides is 1. The molecule has 24 heavy (non-hydrogen) atoms. The molecular weight excluding hydrogens is 365 g/mol. The Bertz CT molecular complexity index is 726. The van der Waals surface area contributed by atoms with Gasteiger partial charge >= 0.3 is 0 Å². The summed E-state index contributed by atoms with van der Waals surface area (Å²) < 4.78 is 0. The van der Waals surface area contributed by atoms with E-state index in [1.54, 1.807) is 18.2 Å². The number of nitrogens with one attached hydrogen (secondary N) is 1. The quantitative estimate of drug-likeness (QED) is 0.813.